The van der Waals surface area contributed by atoms with Gasteiger partial charge >= 0.3 is 0 Å². The van der Waals surface area contributed by atoms with Gasteiger partial charge in [0.05, 0.1) is 6.10 Å². The molecule has 13 heavy (non-hydrogen) atoms. The first-order chi connectivity index (χ1) is 6.43. The standard InChI is InChI=1S/C10H22N2O/c1-11-7-8-12-6-5-10-4-2-3-9-13-10/h10-12H,2-9H2,1H3. The van der Waals surface area contributed by atoms with Gasteiger partial charge in [-0.3, -0.25) is 0 Å². The van der Waals surface area contributed by atoms with E-state index in [1.54, 1.807) is 0 Å². The molecule has 1 unspecified atom stereocenters. The molecular weight excluding hydrogens is 164 g/mol. The molecule has 1 saturated heterocycles. The van der Waals surface area contributed by atoms with Crippen molar-refractivity contribution < 1.29 is 4.74 Å². The van der Waals surface area contributed by atoms with E-state index in [2.05, 4.69) is 10.6 Å². The molecule has 1 aliphatic heterocycles. The van der Waals surface area contributed by atoms with E-state index in [1.807, 2.05) is 7.05 Å². The third-order valence-electron chi connectivity index (χ3n) is 2.47. The maximum absolute atomic E-state index is 5.63. The van der Waals surface area contributed by atoms with Crippen LogP contribution in [0.4, 0.5) is 0 Å². The van der Waals surface area contributed by atoms with E-state index in [4.69, 9.17) is 4.74 Å². The average molecular weight is 186 g/mol. The van der Waals surface area contributed by atoms with Crippen LogP contribution in [-0.4, -0.2) is 39.4 Å². The van der Waals surface area contributed by atoms with Crippen LogP contribution >= 0.6 is 0 Å². The molecule has 0 amide bonds. The van der Waals surface area contributed by atoms with Gasteiger partial charge in [0.2, 0.25) is 0 Å². The quantitative estimate of drug-likeness (QED) is 0.601. The van der Waals surface area contributed by atoms with Crippen molar-refractivity contribution in [3.63, 3.8) is 0 Å². The van der Waals surface area contributed by atoms with Crippen molar-refractivity contribution >= 4 is 0 Å². The third-order valence-corrected chi connectivity index (χ3v) is 2.47. The normalized spacial score (nSPS) is 23.3. The highest BCUT2D eigenvalue weighted by Gasteiger charge is 2.12. The molecule has 0 aliphatic carbocycles. The van der Waals surface area contributed by atoms with Crippen molar-refractivity contribution in [1.82, 2.24) is 10.6 Å². The van der Waals surface area contributed by atoms with Crippen LogP contribution < -0.4 is 10.6 Å². The lowest BCUT2D eigenvalue weighted by Crippen LogP contribution is -2.29. The highest BCUT2D eigenvalue weighted by molar-refractivity contribution is 4.64. The zero-order valence-electron chi connectivity index (χ0n) is 8.64. The topological polar surface area (TPSA) is 33.3 Å². The Morgan fingerprint density at radius 2 is 2.15 bits per heavy atom. The fourth-order valence-corrected chi connectivity index (χ4v) is 1.64. The summed E-state index contributed by atoms with van der Waals surface area (Å²) in [7, 11) is 1.98. The molecule has 0 radical (unpaired) electrons. The average Bonchev–Trinajstić information content (AvgIpc) is 2.19. The number of hydrogen-bond donors (Lipinski definition) is 2. The molecule has 3 heteroatoms. The monoisotopic (exact) mass is 186 g/mol. The SMILES string of the molecule is CNCCNCCC1CCCCO1. The molecule has 0 saturated carbocycles. The van der Waals surface area contributed by atoms with Crippen molar-refractivity contribution in [2.24, 2.45) is 0 Å². The van der Waals surface area contributed by atoms with E-state index < -0.39 is 0 Å². The Hall–Kier alpha value is -0.120. The summed E-state index contributed by atoms with van der Waals surface area (Å²) in [5.41, 5.74) is 0. The Morgan fingerprint density at radius 1 is 1.23 bits per heavy atom. The van der Waals surface area contributed by atoms with E-state index >= 15 is 0 Å². The van der Waals surface area contributed by atoms with Crippen LogP contribution in [0.15, 0.2) is 0 Å². The highest BCUT2D eigenvalue weighted by Crippen LogP contribution is 2.14. The van der Waals surface area contributed by atoms with Crippen LogP contribution in [0.5, 0.6) is 0 Å². The van der Waals surface area contributed by atoms with Crippen LogP contribution in [0.2, 0.25) is 0 Å². The zero-order valence-corrected chi connectivity index (χ0v) is 8.64. The minimum absolute atomic E-state index is 0.524. The Labute approximate surface area is 81.2 Å². The van der Waals surface area contributed by atoms with Crippen molar-refractivity contribution in [1.29, 1.82) is 0 Å². The molecule has 0 spiro atoms. The van der Waals surface area contributed by atoms with Gasteiger partial charge in [0.15, 0.2) is 0 Å². The van der Waals surface area contributed by atoms with Gasteiger partial charge in [-0.25, -0.2) is 0 Å². The molecule has 1 heterocycles. The fourth-order valence-electron chi connectivity index (χ4n) is 1.64. The van der Waals surface area contributed by atoms with Gasteiger partial charge in [-0.15, -0.1) is 0 Å². The molecule has 0 aromatic rings. The molecule has 1 rings (SSSR count). The molecule has 1 aliphatic rings. The van der Waals surface area contributed by atoms with Gasteiger partial charge in [-0.2, -0.15) is 0 Å². The predicted octanol–water partition coefficient (Wildman–Crippen LogP) is 0.755. The summed E-state index contributed by atoms with van der Waals surface area (Å²) in [6, 6.07) is 0. The molecule has 0 aromatic heterocycles. The first-order valence-corrected chi connectivity index (χ1v) is 5.40. The van der Waals surface area contributed by atoms with Gasteiger partial charge in [-0.1, -0.05) is 0 Å². The van der Waals surface area contributed by atoms with Crippen molar-refractivity contribution in [3.8, 4) is 0 Å². The summed E-state index contributed by atoms with van der Waals surface area (Å²) >= 11 is 0. The van der Waals surface area contributed by atoms with E-state index in [0.717, 1.165) is 26.2 Å². The Kier molecular flexibility index (Phi) is 6.15. The summed E-state index contributed by atoms with van der Waals surface area (Å²) in [6.45, 7) is 4.17. The van der Waals surface area contributed by atoms with E-state index in [1.165, 1.54) is 25.7 Å². The first kappa shape index (κ1) is 11.0. The lowest BCUT2D eigenvalue weighted by atomic mass is 10.1. The fraction of sp³-hybridized carbons (Fsp3) is 1.00. The van der Waals surface area contributed by atoms with Crippen LogP contribution in [0.3, 0.4) is 0 Å². The maximum atomic E-state index is 5.63. The smallest absolute Gasteiger partial charge is 0.0587 e. The third kappa shape index (κ3) is 5.24. The second-order valence-corrected chi connectivity index (χ2v) is 3.63. The molecule has 3 nitrogen and oxygen atoms in total. The minimum Gasteiger partial charge on any atom is -0.378 e. The molecule has 0 bridgehead atoms. The number of nitrogens with one attached hydrogen (secondary N) is 2. The zero-order chi connectivity index (χ0) is 9.36. The Morgan fingerprint density at radius 3 is 2.85 bits per heavy atom. The number of rotatable bonds is 6. The van der Waals surface area contributed by atoms with Gasteiger partial charge in [0.25, 0.3) is 0 Å². The highest BCUT2D eigenvalue weighted by atomic mass is 16.5. The maximum Gasteiger partial charge on any atom is 0.0587 e. The molecule has 2 N–H and O–H groups in total. The van der Waals surface area contributed by atoms with E-state index in [9.17, 15) is 0 Å². The summed E-state index contributed by atoms with van der Waals surface area (Å²) in [6.07, 6.45) is 5.55. The number of hydrogen-bond acceptors (Lipinski definition) is 3. The summed E-state index contributed by atoms with van der Waals surface area (Å²) in [4.78, 5) is 0. The second-order valence-electron chi connectivity index (χ2n) is 3.63. The van der Waals surface area contributed by atoms with Crippen molar-refractivity contribution in [3.05, 3.63) is 0 Å². The first-order valence-electron chi connectivity index (χ1n) is 5.40. The Bertz CT molecular complexity index is 113. The minimum atomic E-state index is 0.524. The Balaban J connectivity index is 1.86. The summed E-state index contributed by atoms with van der Waals surface area (Å²) < 4.78 is 5.63. The summed E-state index contributed by atoms with van der Waals surface area (Å²) in [5, 5.41) is 6.50. The molecular formula is C10H22N2O. The van der Waals surface area contributed by atoms with Gasteiger partial charge in [0.1, 0.15) is 0 Å². The number of ether oxygens (including phenoxy) is 1. The van der Waals surface area contributed by atoms with E-state index in [0.29, 0.717) is 6.10 Å². The van der Waals surface area contributed by atoms with Crippen LogP contribution in [0.25, 0.3) is 0 Å². The lowest BCUT2D eigenvalue weighted by molar-refractivity contribution is 0.0116. The van der Waals surface area contributed by atoms with Crippen LogP contribution in [0, 0.1) is 0 Å². The van der Waals surface area contributed by atoms with Gasteiger partial charge in [-0.05, 0) is 39.3 Å². The second kappa shape index (κ2) is 7.30. The molecule has 0 aromatic carbocycles. The van der Waals surface area contributed by atoms with Crippen LogP contribution in [-0.2, 0) is 4.74 Å². The van der Waals surface area contributed by atoms with Crippen molar-refractivity contribution in [2.75, 3.05) is 33.3 Å². The predicted molar refractivity (Wildman–Crippen MR) is 55.0 cm³/mol. The van der Waals surface area contributed by atoms with Crippen LogP contribution in [0.1, 0.15) is 25.7 Å². The van der Waals surface area contributed by atoms with Gasteiger partial charge in [0, 0.05) is 19.7 Å². The number of likely N-dealkylation sites (N-methyl/N-ethyl adjacent to an activating group) is 1. The molecule has 1 fully saturated rings. The molecule has 78 valence electrons. The summed E-state index contributed by atoms with van der Waals surface area (Å²) in [5.74, 6) is 0. The lowest BCUT2D eigenvalue weighted by Gasteiger charge is -2.22. The largest absolute Gasteiger partial charge is 0.378 e. The van der Waals surface area contributed by atoms with Crippen molar-refractivity contribution in [2.45, 2.75) is 31.8 Å². The van der Waals surface area contributed by atoms with E-state index in [-0.39, 0.29) is 0 Å². The molecule has 1 atom stereocenters. The van der Waals surface area contributed by atoms with Gasteiger partial charge < -0.3 is 15.4 Å².